The first-order valence-electron chi connectivity index (χ1n) is 6.34. The molecule has 19 heavy (non-hydrogen) atoms. The summed E-state index contributed by atoms with van der Waals surface area (Å²) in [5.74, 6) is 0. The number of amides is 1. The summed E-state index contributed by atoms with van der Waals surface area (Å²) in [6, 6.07) is 3.32. The van der Waals surface area contributed by atoms with E-state index >= 15 is 0 Å². The van der Waals surface area contributed by atoms with Crippen LogP contribution in [0, 0.1) is 0 Å². The van der Waals surface area contributed by atoms with Crippen LogP contribution >= 0.6 is 0 Å². The number of nitrogens with one attached hydrogen (secondary N) is 1. The number of nitrogens with zero attached hydrogens (tertiary/aromatic N) is 1. The van der Waals surface area contributed by atoms with E-state index in [9.17, 15) is 9.90 Å². The van der Waals surface area contributed by atoms with Crippen molar-refractivity contribution in [1.82, 2.24) is 10.3 Å². The molecule has 0 aliphatic carbocycles. The smallest absolute Gasteiger partial charge is 0.407 e. The molecular formula is C14H22N2O3. The second-order valence-corrected chi connectivity index (χ2v) is 5.55. The number of hydrogen-bond donors (Lipinski definition) is 2. The van der Waals surface area contributed by atoms with E-state index in [1.165, 1.54) is 0 Å². The fraction of sp³-hybridized carbons (Fsp3) is 0.571. The van der Waals surface area contributed by atoms with Gasteiger partial charge in [-0.25, -0.2) is 4.79 Å². The number of carbonyl (C=O) groups excluding carboxylic acids is 1. The topological polar surface area (TPSA) is 71.5 Å². The molecule has 1 aromatic rings. The van der Waals surface area contributed by atoms with Crippen molar-refractivity contribution in [3.8, 4) is 0 Å². The summed E-state index contributed by atoms with van der Waals surface area (Å²) in [7, 11) is 0. The van der Waals surface area contributed by atoms with Crippen LogP contribution in [0.25, 0.3) is 0 Å². The SMILES string of the molecule is C[C@H](O)[C@@H](Cc1ccncc1)NC(=O)OC(C)(C)C. The van der Waals surface area contributed by atoms with Crippen LogP contribution in [-0.2, 0) is 11.2 Å². The van der Waals surface area contributed by atoms with E-state index in [0.29, 0.717) is 6.42 Å². The summed E-state index contributed by atoms with van der Waals surface area (Å²) in [6.07, 6.45) is 2.71. The zero-order valence-corrected chi connectivity index (χ0v) is 11.9. The zero-order chi connectivity index (χ0) is 14.5. The summed E-state index contributed by atoms with van der Waals surface area (Å²) < 4.78 is 5.18. The molecule has 0 saturated carbocycles. The largest absolute Gasteiger partial charge is 0.444 e. The number of aliphatic hydroxyl groups is 1. The fourth-order valence-corrected chi connectivity index (χ4v) is 1.57. The number of aliphatic hydroxyl groups excluding tert-OH is 1. The Hall–Kier alpha value is -1.62. The van der Waals surface area contributed by atoms with Crippen molar-refractivity contribution in [3.05, 3.63) is 30.1 Å². The lowest BCUT2D eigenvalue weighted by Crippen LogP contribution is -2.45. The number of carbonyl (C=O) groups is 1. The van der Waals surface area contributed by atoms with Gasteiger partial charge >= 0.3 is 6.09 Å². The molecule has 106 valence electrons. The third-order valence-corrected chi connectivity index (χ3v) is 2.49. The summed E-state index contributed by atoms with van der Waals surface area (Å²) in [5.41, 5.74) is 0.446. The van der Waals surface area contributed by atoms with Gasteiger partial charge in [0.1, 0.15) is 5.60 Å². The van der Waals surface area contributed by atoms with Gasteiger partial charge in [0.05, 0.1) is 12.1 Å². The van der Waals surface area contributed by atoms with E-state index in [-0.39, 0.29) is 0 Å². The Morgan fingerprint density at radius 3 is 2.47 bits per heavy atom. The van der Waals surface area contributed by atoms with Crippen LogP contribution in [0.4, 0.5) is 4.79 Å². The first-order valence-corrected chi connectivity index (χ1v) is 6.34. The zero-order valence-electron chi connectivity index (χ0n) is 11.9. The quantitative estimate of drug-likeness (QED) is 0.873. The van der Waals surface area contributed by atoms with E-state index in [1.807, 2.05) is 12.1 Å². The van der Waals surface area contributed by atoms with Crippen LogP contribution in [-0.4, -0.2) is 33.9 Å². The molecule has 0 aliphatic rings. The standard InChI is InChI=1S/C14H22N2O3/c1-10(17)12(9-11-5-7-15-8-6-11)16-13(18)19-14(2,3)4/h5-8,10,12,17H,9H2,1-4H3,(H,16,18)/t10-,12+/m0/s1. The Labute approximate surface area is 114 Å². The van der Waals surface area contributed by atoms with Crippen LogP contribution in [0.3, 0.4) is 0 Å². The number of aromatic nitrogens is 1. The van der Waals surface area contributed by atoms with Gasteiger partial charge in [-0.05, 0) is 51.8 Å². The molecule has 1 aromatic heterocycles. The Kier molecular flexibility index (Phi) is 5.30. The third kappa shape index (κ3) is 6.20. The summed E-state index contributed by atoms with van der Waals surface area (Å²) in [5, 5.41) is 12.4. The average Bonchev–Trinajstić information content (AvgIpc) is 2.26. The highest BCUT2D eigenvalue weighted by molar-refractivity contribution is 5.68. The van der Waals surface area contributed by atoms with Gasteiger partial charge in [-0.3, -0.25) is 4.98 Å². The number of ether oxygens (including phenoxy) is 1. The Bertz CT molecular complexity index is 399. The monoisotopic (exact) mass is 266 g/mol. The molecule has 2 N–H and O–H groups in total. The van der Waals surface area contributed by atoms with Crippen LogP contribution in [0.2, 0.25) is 0 Å². The predicted octanol–water partition coefficient (Wildman–Crippen LogP) is 1.90. The second-order valence-electron chi connectivity index (χ2n) is 5.55. The first kappa shape index (κ1) is 15.4. The van der Waals surface area contributed by atoms with E-state index in [4.69, 9.17) is 4.74 Å². The van der Waals surface area contributed by atoms with Gasteiger partial charge in [0.2, 0.25) is 0 Å². The minimum absolute atomic E-state index is 0.391. The number of hydrogen-bond acceptors (Lipinski definition) is 4. The van der Waals surface area contributed by atoms with Gasteiger partial charge in [-0.1, -0.05) is 0 Å². The van der Waals surface area contributed by atoms with Crippen LogP contribution in [0.15, 0.2) is 24.5 Å². The van der Waals surface area contributed by atoms with Crippen LogP contribution in [0.1, 0.15) is 33.3 Å². The molecule has 0 unspecified atom stereocenters. The highest BCUT2D eigenvalue weighted by Crippen LogP contribution is 2.09. The maximum absolute atomic E-state index is 11.7. The minimum atomic E-state index is -0.666. The Morgan fingerprint density at radius 2 is 2.00 bits per heavy atom. The predicted molar refractivity (Wildman–Crippen MR) is 72.8 cm³/mol. The molecule has 0 saturated heterocycles. The van der Waals surface area contributed by atoms with Gasteiger partial charge in [-0.15, -0.1) is 0 Å². The van der Waals surface area contributed by atoms with Gasteiger partial charge in [0.15, 0.2) is 0 Å². The molecule has 0 aromatic carbocycles. The van der Waals surface area contributed by atoms with E-state index in [0.717, 1.165) is 5.56 Å². The third-order valence-electron chi connectivity index (χ3n) is 2.49. The van der Waals surface area contributed by atoms with Crippen LogP contribution < -0.4 is 5.32 Å². The van der Waals surface area contributed by atoms with Crippen molar-refractivity contribution in [2.24, 2.45) is 0 Å². The minimum Gasteiger partial charge on any atom is -0.444 e. The van der Waals surface area contributed by atoms with Crippen molar-refractivity contribution in [3.63, 3.8) is 0 Å². The molecule has 1 rings (SSSR count). The molecule has 0 radical (unpaired) electrons. The van der Waals surface area contributed by atoms with Gasteiger partial charge in [0, 0.05) is 12.4 Å². The molecule has 5 nitrogen and oxygen atoms in total. The Morgan fingerprint density at radius 1 is 1.42 bits per heavy atom. The van der Waals surface area contributed by atoms with E-state index in [2.05, 4.69) is 10.3 Å². The van der Waals surface area contributed by atoms with Crippen molar-refractivity contribution in [2.45, 2.75) is 51.9 Å². The van der Waals surface area contributed by atoms with Crippen molar-refractivity contribution in [1.29, 1.82) is 0 Å². The van der Waals surface area contributed by atoms with Gasteiger partial charge in [0.25, 0.3) is 0 Å². The number of alkyl carbamates (subject to hydrolysis) is 1. The maximum atomic E-state index is 11.7. The molecule has 1 heterocycles. The molecule has 0 spiro atoms. The number of pyridine rings is 1. The summed E-state index contributed by atoms with van der Waals surface area (Å²) >= 11 is 0. The maximum Gasteiger partial charge on any atom is 0.407 e. The molecule has 5 heteroatoms. The molecular weight excluding hydrogens is 244 g/mol. The summed E-state index contributed by atoms with van der Waals surface area (Å²) in [4.78, 5) is 15.6. The van der Waals surface area contributed by atoms with Crippen molar-refractivity contribution in [2.75, 3.05) is 0 Å². The highest BCUT2D eigenvalue weighted by atomic mass is 16.6. The molecule has 1 amide bonds. The molecule has 0 aliphatic heterocycles. The summed E-state index contributed by atoms with van der Waals surface area (Å²) in [6.45, 7) is 7.04. The molecule has 2 atom stereocenters. The van der Waals surface area contributed by atoms with E-state index < -0.39 is 23.8 Å². The lowest BCUT2D eigenvalue weighted by atomic mass is 10.0. The normalized spacial score (nSPS) is 14.6. The van der Waals surface area contributed by atoms with Gasteiger partial charge in [-0.2, -0.15) is 0 Å². The van der Waals surface area contributed by atoms with Gasteiger partial charge < -0.3 is 15.2 Å². The van der Waals surface area contributed by atoms with E-state index in [1.54, 1.807) is 40.1 Å². The Balaban J connectivity index is 2.61. The average molecular weight is 266 g/mol. The lowest BCUT2D eigenvalue weighted by molar-refractivity contribution is 0.0437. The highest BCUT2D eigenvalue weighted by Gasteiger charge is 2.22. The molecule has 0 fully saturated rings. The fourth-order valence-electron chi connectivity index (χ4n) is 1.57. The van der Waals surface area contributed by atoms with Crippen molar-refractivity contribution >= 4 is 6.09 Å². The first-order chi connectivity index (χ1) is 8.78. The lowest BCUT2D eigenvalue weighted by Gasteiger charge is -2.25. The second kappa shape index (κ2) is 6.52. The van der Waals surface area contributed by atoms with Crippen molar-refractivity contribution < 1.29 is 14.6 Å². The van der Waals surface area contributed by atoms with Crippen LogP contribution in [0.5, 0.6) is 0 Å². The molecule has 0 bridgehead atoms. The number of rotatable bonds is 4.